The number of rotatable bonds is 7. The Hall–Kier alpha value is -1.43. The highest BCUT2D eigenvalue weighted by molar-refractivity contribution is 6.02. The first-order valence-electron chi connectivity index (χ1n) is 8.90. The highest BCUT2D eigenvalue weighted by Gasteiger charge is 2.44. The van der Waals surface area contributed by atoms with Crippen LogP contribution in [0.2, 0.25) is 0 Å². The van der Waals surface area contributed by atoms with E-state index in [1.54, 1.807) is 0 Å². The lowest BCUT2D eigenvalue weighted by molar-refractivity contribution is -0.138. The van der Waals surface area contributed by atoms with Crippen molar-refractivity contribution in [2.45, 2.75) is 51.4 Å². The Balaban J connectivity index is 1.37. The number of imide groups is 1. The molecule has 0 aromatic carbocycles. The molecule has 3 aliphatic rings. The van der Waals surface area contributed by atoms with E-state index < -0.39 is 0 Å². The molecule has 1 aliphatic carbocycles. The Morgan fingerprint density at radius 1 is 1.04 bits per heavy atom. The second-order valence-electron chi connectivity index (χ2n) is 7.30. The van der Waals surface area contributed by atoms with Gasteiger partial charge in [-0.15, -0.1) is 0 Å². The normalized spacial score (nSPS) is 24.1. The van der Waals surface area contributed by atoms with E-state index >= 15 is 0 Å². The van der Waals surface area contributed by atoms with Crippen molar-refractivity contribution in [3.8, 4) is 0 Å². The highest BCUT2D eigenvalue weighted by atomic mass is 16.2. The smallest absolute Gasteiger partial charge is 0.229 e. The number of likely N-dealkylation sites (tertiary alicyclic amines) is 2. The Labute approximate surface area is 137 Å². The standard InChI is InChI=1S/C17H27N3O3/c21-14(6-11-20-15(22)4-5-16(20)23)18-12-17(7-8-17)13-19-9-2-1-3-10-19/h1-13H2,(H,18,21). The number of nitrogens with zero attached hydrogens (tertiary/aromatic N) is 2. The summed E-state index contributed by atoms with van der Waals surface area (Å²) < 4.78 is 0. The van der Waals surface area contributed by atoms with Gasteiger partial charge in [-0.25, -0.2) is 0 Å². The van der Waals surface area contributed by atoms with E-state index in [1.807, 2.05) is 0 Å². The van der Waals surface area contributed by atoms with E-state index in [1.165, 1.54) is 50.1 Å². The lowest BCUT2D eigenvalue weighted by Crippen LogP contribution is -2.41. The van der Waals surface area contributed by atoms with Gasteiger partial charge in [0, 0.05) is 44.3 Å². The lowest BCUT2D eigenvalue weighted by atomic mass is 10.0. The number of piperidine rings is 1. The van der Waals surface area contributed by atoms with Gasteiger partial charge in [0.25, 0.3) is 0 Å². The van der Waals surface area contributed by atoms with Gasteiger partial charge >= 0.3 is 0 Å². The Bertz CT molecular complexity index is 465. The van der Waals surface area contributed by atoms with Gasteiger partial charge < -0.3 is 10.2 Å². The molecular weight excluding hydrogens is 294 g/mol. The zero-order valence-electron chi connectivity index (χ0n) is 13.8. The first-order chi connectivity index (χ1) is 11.1. The van der Waals surface area contributed by atoms with E-state index in [9.17, 15) is 14.4 Å². The predicted octanol–water partition coefficient (Wildman–Crippen LogP) is 0.908. The summed E-state index contributed by atoms with van der Waals surface area (Å²) in [6.07, 6.45) is 7.10. The summed E-state index contributed by atoms with van der Waals surface area (Å²) in [5.74, 6) is -0.347. The minimum absolute atomic E-state index is 0.0533. The number of hydrogen-bond donors (Lipinski definition) is 1. The third kappa shape index (κ3) is 4.31. The maximum atomic E-state index is 12.0. The molecular formula is C17H27N3O3. The van der Waals surface area contributed by atoms with Gasteiger partial charge in [0.1, 0.15) is 0 Å². The first-order valence-corrected chi connectivity index (χ1v) is 8.90. The second-order valence-corrected chi connectivity index (χ2v) is 7.30. The number of carbonyl (C=O) groups is 3. The molecule has 0 aromatic rings. The fourth-order valence-corrected chi connectivity index (χ4v) is 3.62. The first kappa shape index (κ1) is 16.4. The average Bonchev–Trinajstić information content (AvgIpc) is 3.24. The van der Waals surface area contributed by atoms with Crippen LogP contribution in [0.15, 0.2) is 0 Å². The summed E-state index contributed by atoms with van der Waals surface area (Å²) in [7, 11) is 0. The van der Waals surface area contributed by atoms with Crippen molar-refractivity contribution in [2.75, 3.05) is 32.7 Å². The van der Waals surface area contributed by atoms with Crippen LogP contribution in [0.5, 0.6) is 0 Å². The molecule has 0 spiro atoms. The van der Waals surface area contributed by atoms with Gasteiger partial charge in [0.05, 0.1) is 0 Å². The summed E-state index contributed by atoms with van der Waals surface area (Å²) in [6, 6.07) is 0. The predicted molar refractivity (Wildman–Crippen MR) is 85.5 cm³/mol. The molecule has 2 aliphatic heterocycles. The maximum Gasteiger partial charge on any atom is 0.229 e. The van der Waals surface area contributed by atoms with Crippen LogP contribution in [0.3, 0.4) is 0 Å². The average molecular weight is 321 g/mol. The van der Waals surface area contributed by atoms with Crippen molar-refractivity contribution in [3.63, 3.8) is 0 Å². The molecule has 128 valence electrons. The van der Waals surface area contributed by atoms with E-state index in [-0.39, 0.29) is 36.1 Å². The molecule has 0 unspecified atom stereocenters. The maximum absolute atomic E-state index is 12.0. The van der Waals surface area contributed by atoms with Crippen molar-refractivity contribution < 1.29 is 14.4 Å². The topological polar surface area (TPSA) is 69.7 Å². The molecule has 0 bridgehead atoms. The van der Waals surface area contributed by atoms with Crippen molar-refractivity contribution in [1.82, 2.24) is 15.1 Å². The van der Waals surface area contributed by atoms with Gasteiger partial charge in [-0.1, -0.05) is 6.42 Å². The van der Waals surface area contributed by atoms with Gasteiger partial charge in [-0.2, -0.15) is 0 Å². The molecule has 1 N–H and O–H groups in total. The van der Waals surface area contributed by atoms with E-state index in [0.717, 1.165) is 13.1 Å². The minimum Gasteiger partial charge on any atom is -0.355 e. The summed E-state index contributed by atoms with van der Waals surface area (Å²) in [5, 5.41) is 3.01. The van der Waals surface area contributed by atoms with Crippen molar-refractivity contribution in [3.05, 3.63) is 0 Å². The van der Waals surface area contributed by atoms with Crippen LogP contribution in [0.1, 0.15) is 51.4 Å². The third-order valence-electron chi connectivity index (χ3n) is 5.34. The molecule has 3 amide bonds. The quantitative estimate of drug-likeness (QED) is 0.708. The van der Waals surface area contributed by atoms with Gasteiger partial charge in [-0.3, -0.25) is 19.3 Å². The molecule has 0 atom stereocenters. The fourth-order valence-electron chi connectivity index (χ4n) is 3.62. The molecule has 6 nitrogen and oxygen atoms in total. The van der Waals surface area contributed by atoms with E-state index in [4.69, 9.17) is 0 Å². The number of amides is 3. The second kappa shape index (κ2) is 6.99. The molecule has 2 saturated heterocycles. The Morgan fingerprint density at radius 3 is 2.30 bits per heavy atom. The van der Waals surface area contributed by atoms with Crippen LogP contribution in [0, 0.1) is 5.41 Å². The fraction of sp³-hybridized carbons (Fsp3) is 0.824. The molecule has 0 radical (unpaired) electrons. The van der Waals surface area contributed by atoms with Crippen LogP contribution in [-0.2, 0) is 14.4 Å². The number of carbonyl (C=O) groups excluding carboxylic acids is 3. The van der Waals surface area contributed by atoms with Crippen LogP contribution in [0.25, 0.3) is 0 Å². The SMILES string of the molecule is O=C(CCN1C(=O)CCC1=O)NCC1(CN2CCCCC2)CC1. The molecule has 6 heteroatoms. The summed E-state index contributed by atoms with van der Waals surface area (Å²) in [5.41, 5.74) is 0.270. The monoisotopic (exact) mass is 321 g/mol. The van der Waals surface area contributed by atoms with Crippen LogP contribution < -0.4 is 5.32 Å². The summed E-state index contributed by atoms with van der Waals surface area (Å²) in [6.45, 7) is 4.42. The molecule has 1 saturated carbocycles. The number of nitrogens with one attached hydrogen (secondary N) is 1. The summed E-state index contributed by atoms with van der Waals surface area (Å²) >= 11 is 0. The van der Waals surface area contributed by atoms with Crippen LogP contribution in [0.4, 0.5) is 0 Å². The third-order valence-corrected chi connectivity index (χ3v) is 5.34. The van der Waals surface area contributed by atoms with E-state index in [0.29, 0.717) is 12.8 Å². The van der Waals surface area contributed by atoms with Gasteiger partial charge in [0.15, 0.2) is 0 Å². The molecule has 23 heavy (non-hydrogen) atoms. The zero-order chi connectivity index (χ0) is 16.3. The number of hydrogen-bond acceptors (Lipinski definition) is 4. The van der Waals surface area contributed by atoms with Crippen molar-refractivity contribution in [1.29, 1.82) is 0 Å². The summed E-state index contributed by atoms with van der Waals surface area (Å²) in [4.78, 5) is 38.8. The van der Waals surface area contributed by atoms with Crippen LogP contribution >= 0.6 is 0 Å². The molecule has 0 aromatic heterocycles. The molecule has 3 rings (SSSR count). The molecule has 2 heterocycles. The highest BCUT2D eigenvalue weighted by Crippen LogP contribution is 2.46. The van der Waals surface area contributed by atoms with Crippen LogP contribution in [-0.4, -0.2) is 60.2 Å². The Morgan fingerprint density at radius 2 is 1.70 bits per heavy atom. The van der Waals surface area contributed by atoms with Gasteiger partial charge in [0.2, 0.25) is 17.7 Å². The van der Waals surface area contributed by atoms with Gasteiger partial charge in [-0.05, 0) is 38.8 Å². The molecule has 3 fully saturated rings. The zero-order valence-corrected chi connectivity index (χ0v) is 13.8. The van der Waals surface area contributed by atoms with E-state index in [2.05, 4.69) is 10.2 Å². The Kier molecular flexibility index (Phi) is 4.99. The minimum atomic E-state index is -0.147. The van der Waals surface area contributed by atoms with Crippen molar-refractivity contribution in [2.24, 2.45) is 5.41 Å². The lowest BCUT2D eigenvalue weighted by Gasteiger charge is -2.30. The largest absolute Gasteiger partial charge is 0.355 e. The van der Waals surface area contributed by atoms with Crippen molar-refractivity contribution >= 4 is 17.7 Å².